The quantitative estimate of drug-likeness (QED) is 0.710. The molecule has 2 aromatic rings. The van der Waals surface area contributed by atoms with Crippen molar-refractivity contribution in [3.05, 3.63) is 81.9 Å². The summed E-state index contributed by atoms with van der Waals surface area (Å²) in [5, 5.41) is 1.64. The molecular formula is C23H28Cl2N2+2. The van der Waals surface area contributed by atoms with Crippen LogP contribution in [0.25, 0.3) is 0 Å². The summed E-state index contributed by atoms with van der Waals surface area (Å²) in [6.07, 6.45) is 9.16. The van der Waals surface area contributed by atoms with Crippen LogP contribution >= 0.6 is 23.2 Å². The minimum absolute atomic E-state index is 0.654. The summed E-state index contributed by atoms with van der Waals surface area (Å²) in [4.78, 5) is 3.45. The predicted molar refractivity (Wildman–Crippen MR) is 112 cm³/mol. The van der Waals surface area contributed by atoms with E-state index in [0.717, 1.165) is 29.1 Å². The number of hydrogen-bond donors (Lipinski definition) is 2. The molecule has 0 aromatic heterocycles. The summed E-state index contributed by atoms with van der Waals surface area (Å²) in [7, 11) is 0. The molecule has 2 aliphatic rings. The van der Waals surface area contributed by atoms with E-state index in [0.29, 0.717) is 6.17 Å². The van der Waals surface area contributed by atoms with Gasteiger partial charge in [-0.05, 0) is 43.5 Å². The van der Waals surface area contributed by atoms with Crippen LogP contribution in [0.15, 0.2) is 60.7 Å². The molecule has 2 aromatic carbocycles. The predicted octanol–water partition coefficient (Wildman–Crippen LogP) is 3.16. The highest BCUT2D eigenvalue weighted by Crippen LogP contribution is 2.20. The zero-order valence-corrected chi connectivity index (χ0v) is 17.1. The Hall–Kier alpha value is -1.32. The monoisotopic (exact) mass is 402 g/mol. The lowest BCUT2D eigenvalue weighted by Crippen LogP contribution is -3.28. The van der Waals surface area contributed by atoms with Crippen LogP contribution < -0.4 is 9.80 Å². The highest BCUT2D eigenvalue weighted by molar-refractivity contribution is 6.30. The molecule has 0 spiro atoms. The largest absolute Gasteiger partial charge is 0.277 e. The van der Waals surface area contributed by atoms with Crippen molar-refractivity contribution in [1.29, 1.82) is 0 Å². The lowest BCUT2D eigenvalue weighted by Gasteiger charge is -2.31. The SMILES string of the molecule is Clc1ccc(C[NH+]2CC[NH+](Cc3ccc(Cl)cc3)C2[C@H]2CC=CCC2)cc1. The molecule has 4 rings (SSSR count). The van der Waals surface area contributed by atoms with Gasteiger partial charge in [-0.1, -0.05) is 59.6 Å². The third-order valence-corrected chi connectivity index (χ3v) is 6.62. The maximum atomic E-state index is 6.08. The van der Waals surface area contributed by atoms with Crippen molar-refractivity contribution < 1.29 is 9.80 Å². The Kier molecular flexibility index (Phi) is 6.19. The van der Waals surface area contributed by atoms with E-state index < -0.39 is 0 Å². The van der Waals surface area contributed by atoms with Crippen LogP contribution in [0, 0.1) is 5.92 Å². The summed E-state index contributed by atoms with van der Waals surface area (Å²) in [5.41, 5.74) is 2.77. The van der Waals surface area contributed by atoms with Crippen molar-refractivity contribution >= 4 is 23.2 Å². The van der Waals surface area contributed by atoms with Gasteiger partial charge >= 0.3 is 0 Å². The van der Waals surface area contributed by atoms with Crippen LogP contribution in [-0.4, -0.2) is 19.3 Å². The van der Waals surface area contributed by atoms with Crippen molar-refractivity contribution in [2.45, 2.75) is 38.5 Å². The minimum Gasteiger partial charge on any atom is -0.277 e. The van der Waals surface area contributed by atoms with Gasteiger partial charge in [0.1, 0.15) is 26.2 Å². The van der Waals surface area contributed by atoms with E-state index in [1.54, 1.807) is 9.80 Å². The normalized spacial score (nSPS) is 27.8. The van der Waals surface area contributed by atoms with Crippen molar-refractivity contribution in [1.82, 2.24) is 0 Å². The van der Waals surface area contributed by atoms with Gasteiger partial charge in [0.2, 0.25) is 6.17 Å². The van der Waals surface area contributed by atoms with E-state index in [1.807, 2.05) is 24.3 Å². The summed E-state index contributed by atoms with van der Waals surface area (Å²) in [6.45, 7) is 4.64. The average molecular weight is 403 g/mol. The number of quaternary nitrogens is 2. The van der Waals surface area contributed by atoms with E-state index in [4.69, 9.17) is 23.2 Å². The number of rotatable bonds is 5. The first-order valence-corrected chi connectivity index (χ1v) is 10.8. The van der Waals surface area contributed by atoms with Gasteiger partial charge in [0, 0.05) is 21.2 Å². The molecule has 0 radical (unpaired) electrons. The Labute approximate surface area is 172 Å². The second kappa shape index (κ2) is 8.79. The van der Waals surface area contributed by atoms with Crippen LogP contribution in [0.4, 0.5) is 0 Å². The second-order valence-corrected chi connectivity index (χ2v) is 8.82. The van der Waals surface area contributed by atoms with Gasteiger partial charge in [0.05, 0.1) is 5.92 Å². The van der Waals surface area contributed by atoms with Crippen LogP contribution in [0.2, 0.25) is 10.0 Å². The van der Waals surface area contributed by atoms with E-state index in [-0.39, 0.29) is 0 Å². The highest BCUT2D eigenvalue weighted by Gasteiger charge is 2.44. The summed E-state index contributed by atoms with van der Waals surface area (Å²) in [5.74, 6) is 0.766. The van der Waals surface area contributed by atoms with Crippen LogP contribution in [0.1, 0.15) is 30.4 Å². The summed E-state index contributed by atoms with van der Waals surface area (Å²) < 4.78 is 0. The Bertz CT molecular complexity index is 714. The third-order valence-electron chi connectivity index (χ3n) is 6.12. The van der Waals surface area contributed by atoms with Crippen molar-refractivity contribution in [3.63, 3.8) is 0 Å². The van der Waals surface area contributed by atoms with Gasteiger partial charge in [-0.15, -0.1) is 0 Å². The van der Waals surface area contributed by atoms with E-state index in [9.17, 15) is 0 Å². The van der Waals surface area contributed by atoms with Crippen LogP contribution in [0.5, 0.6) is 0 Å². The van der Waals surface area contributed by atoms with Gasteiger partial charge in [-0.25, -0.2) is 0 Å². The summed E-state index contributed by atoms with van der Waals surface area (Å²) >= 11 is 12.2. The lowest BCUT2D eigenvalue weighted by molar-refractivity contribution is -1.08. The Balaban J connectivity index is 1.52. The lowest BCUT2D eigenvalue weighted by atomic mass is 9.90. The van der Waals surface area contributed by atoms with Crippen LogP contribution in [-0.2, 0) is 13.1 Å². The van der Waals surface area contributed by atoms with Crippen molar-refractivity contribution in [2.75, 3.05) is 13.1 Å². The minimum atomic E-state index is 0.654. The molecule has 2 unspecified atom stereocenters. The number of benzene rings is 2. The fourth-order valence-electron chi connectivity index (χ4n) is 4.83. The molecule has 1 aliphatic carbocycles. The Morgan fingerprint density at radius 3 is 1.70 bits per heavy atom. The topological polar surface area (TPSA) is 8.88 Å². The molecule has 0 amide bonds. The van der Waals surface area contributed by atoms with Gasteiger partial charge in [-0.2, -0.15) is 0 Å². The number of allylic oxidation sites excluding steroid dienone is 2. The van der Waals surface area contributed by atoms with Crippen molar-refractivity contribution in [2.24, 2.45) is 5.92 Å². The molecule has 142 valence electrons. The highest BCUT2D eigenvalue weighted by atomic mass is 35.5. The second-order valence-electron chi connectivity index (χ2n) is 7.95. The number of hydrogen-bond acceptors (Lipinski definition) is 0. The average Bonchev–Trinajstić information content (AvgIpc) is 3.08. The molecule has 1 heterocycles. The first kappa shape index (κ1) is 19.0. The van der Waals surface area contributed by atoms with Gasteiger partial charge in [-0.3, -0.25) is 9.80 Å². The number of nitrogens with one attached hydrogen (secondary N) is 2. The first-order chi connectivity index (χ1) is 13.2. The van der Waals surface area contributed by atoms with Crippen LogP contribution in [0.3, 0.4) is 0 Å². The molecular weight excluding hydrogens is 375 g/mol. The van der Waals surface area contributed by atoms with E-state index in [2.05, 4.69) is 36.4 Å². The molecule has 1 fully saturated rings. The molecule has 27 heavy (non-hydrogen) atoms. The van der Waals surface area contributed by atoms with E-state index >= 15 is 0 Å². The summed E-state index contributed by atoms with van der Waals surface area (Å²) in [6, 6.07) is 16.8. The number of halogens is 2. The standard InChI is InChI=1S/C23H26Cl2N2/c24-21-10-6-18(7-11-21)16-26-14-15-27(17-19-8-12-22(25)13-9-19)23(26)20-4-2-1-3-5-20/h1-2,6-13,20,23H,3-5,14-17H2/p+2/t20-/m0/s1. The maximum absolute atomic E-state index is 6.08. The van der Waals surface area contributed by atoms with Crippen molar-refractivity contribution in [3.8, 4) is 0 Å². The maximum Gasteiger partial charge on any atom is 0.217 e. The fourth-order valence-corrected chi connectivity index (χ4v) is 5.08. The molecule has 0 saturated carbocycles. The van der Waals surface area contributed by atoms with Gasteiger partial charge < -0.3 is 0 Å². The molecule has 0 bridgehead atoms. The molecule has 1 aliphatic heterocycles. The van der Waals surface area contributed by atoms with Gasteiger partial charge in [0.15, 0.2) is 0 Å². The fraction of sp³-hybridized carbons (Fsp3) is 0.391. The third kappa shape index (κ3) is 4.75. The smallest absolute Gasteiger partial charge is 0.217 e. The Morgan fingerprint density at radius 2 is 1.26 bits per heavy atom. The van der Waals surface area contributed by atoms with Gasteiger partial charge in [0.25, 0.3) is 0 Å². The Morgan fingerprint density at radius 1 is 0.741 bits per heavy atom. The zero-order chi connectivity index (χ0) is 18.6. The molecule has 4 heteroatoms. The molecule has 2 N–H and O–H groups in total. The molecule has 1 saturated heterocycles. The molecule has 2 nitrogen and oxygen atoms in total. The van der Waals surface area contributed by atoms with E-state index in [1.165, 1.54) is 43.5 Å². The zero-order valence-electron chi connectivity index (χ0n) is 15.6. The molecule has 3 atom stereocenters. The first-order valence-electron chi connectivity index (χ1n) is 10.0.